The normalized spacial score (nSPS) is 10.4. The molecule has 4 N–H and O–H groups in total. The smallest absolute Gasteiger partial charge is 0.299 e. The van der Waals surface area contributed by atoms with E-state index in [-0.39, 0.29) is 0 Å². The van der Waals surface area contributed by atoms with Crippen LogP contribution in [-0.2, 0) is 0 Å². The number of rotatable bonds is 8. The average Bonchev–Trinajstić information content (AvgIpc) is 3.16. The van der Waals surface area contributed by atoms with Crippen molar-refractivity contribution in [3.8, 4) is 22.8 Å². The number of ether oxygens (including phenoxy) is 2. The lowest BCUT2D eigenvalue weighted by atomic mass is 10.1. The van der Waals surface area contributed by atoms with Gasteiger partial charge in [0.15, 0.2) is 17.3 Å². The second kappa shape index (κ2) is 8.27. The van der Waals surface area contributed by atoms with Crippen LogP contribution in [0.1, 0.15) is 18.9 Å². The van der Waals surface area contributed by atoms with E-state index in [0.717, 1.165) is 17.7 Å². The Labute approximate surface area is 157 Å². The van der Waals surface area contributed by atoms with E-state index >= 15 is 0 Å². The Hall–Kier alpha value is -3.48. The lowest BCUT2D eigenvalue weighted by molar-refractivity contribution is 0.294. The molecule has 0 spiro atoms. The third-order valence-corrected chi connectivity index (χ3v) is 3.91. The molecule has 0 atom stereocenters. The molecule has 0 aliphatic carbocycles. The number of nitrogens with one attached hydrogen (secondary N) is 2. The van der Waals surface area contributed by atoms with Crippen molar-refractivity contribution in [3.05, 3.63) is 48.2 Å². The third kappa shape index (κ3) is 4.20. The summed E-state index contributed by atoms with van der Waals surface area (Å²) in [7, 11) is 1.61. The van der Waals surface area contributed by atoms with Crippen LogP contribution in [0.5, 0.6) is 11.5 Å². The molecule has 0 fully saturated rings. The molecule has 3 rings (SSSR count). The summed E-state index contributed by atoms with van der Waals surface area (Å²) >= 11 is 0. The molecule has 0 bridgehead atoms. The highest BCUT2D eigenvalue weighted by Crippen LogP contribution is 2.34. The number of hydrogen-bond acceptors (Lipinski definition) is 7. The molecule has 0 aliphatic heterocycles. The van der Waals surface area contributed by atoms with Gasteiger partial charge < -0.3 is 30.4 Å². The van der Waals surface area contributed by atoms with Gasteiger partial charge in [0.2, 0.25) is 0 Å². The van der Waals surface area contributed by atoms with Crippen LogP contribution in [-0.4, -0.2) is 24.9 Å². The van der Waals surface area contributed by atoms with Crippen molar-refractivity contribution in [2.45, 2.75) is 13.3 Å². The van der Waals surface area contributed by atoms with E-state index in [1.54, 1.807) is 31.5 Å². The molecule has 1 aromatic heterocycles. The number of aromatic nitrogens is 1. The molecule has 0 amide bonds. The summed E-state index contributed by atoms with van der Waals surface area (Å²) in [6, 6.07) is 11.2. The zero-order chi connectivity index (χ0) is 19.2. The van der Waals surface area contributed by atoms with E-state index in [9.17, 15) is 0 Å². The Morgan fingerprint density at radius 1 is 1.22 bits per heavy atom. The van der Waals surface area contributed by atoms with E-state index < -0.39 is 0 Å². The Kier molecular flexibility index (Phi) is 5.61. The molecule has 1 heterocycles. The highest BCUT2D eigenvalue weighted by molar-refractivity contribution is 5.87. The van der Waals surface area contributed by atoms with Crippen LogP contribution in [0.25, 0.3) is 11.3 Å². The summed E-state index contributed by atoms with van der Waals surface area (Å²) in [6.07, 6.45) is 3.75. The molecular formula is C20H22N4O3. The summed E-state index contributed by atoms with van der Waals surface area (Å²) in [5.74, 6) is 1.94. The molecule has 0 unspecified atom stereocenters. The molecule has 2 aromatic carbocycles. The standard InChI is InChI=1S/C20H22N4O3/c1-3-8-26-18-10-13(4-7-17(18)25-2)19-12-23-20(27-19)24-15-5-6-16(22)14(9-15)11-21/h4-7,9-12,21H,3,8,22H2,1-2H3,(H,23,24). The SMILES string of the molecule is CCCOc1cc(-c2cnc(Nc3ccc(N)c(C=N)c3)o2)ccc1OC. The lowest BCUT2D eigenvalue weighted by Crippen LogP contribution is -1.97. The number of nitrogens with two attached hydrogens (primary N) is 1. The van der Waals surface area contributed by atoms with E-state index in [1.165, 1.54) is 6.21 Å². The Balaban J connectivity index is 1.82. The second-order valence-corrected chi connectivity index (χ2v) is 5.86. The number of benzene rings is 2. The fraction of sp³-hybridized carbons (Fsp3) is 0.200. The van der Waals surface area contributed by atoms with Gasteiger partial charge in [-0.2, -0.15) is 0 Å². The highest BCUT2D eigenvalue weighted by atomic mass is 16.5. The molecule has 0 saturated heterocycles. The molecule has 27 heavy (non-hydrogen) atoms. The zero-order valence-electron chi connectivity index (χ0n) is 15.3. The Morgan fingerprint density at radius 3 is 2.81 bits per heavy atom. The number of nitrogen functional groups attached to an aromatic ring is 1. The monoisotopic (exact) mass is 366 g/mol. The summed E-state index contributed by atoms with van der Waals surface area (Å²) < 4.78 is 16.9. The van der Waals surface area contributed by atoms with Gasteiger partial charge in [-0.1, -0.05) is 6.92 Å². The van der Waals surface area contributed by atoms with Gasteiger partial charge in [0.25, 0.3) is 6.01 Å². The molecule has 140 valence electrons. The predicted molar refractivity (Wildman–Crippen MR) is 106 cm³/mol. The van der Waals surface area contributed by atoms with Crippen molar-refractivity contribution in [2.75, 3.05) is 24.8 Å². The van der Waals surface area contributed by atoms with Gasteiger partial charge in [-0.15, -0.1) is 0 Å². The predicted octanol–water partition coefficient (Wildman–Crippen LogP) is 4.46. The minimum Gasteiger partial charge on any atom is -0.493 e. The second-order valence-electron chi connectivity index (χ2n) is 5.86. The van der Waals surface area contributed by atoms with E-state index in [2.05, 4.69) is 10.3 Å². The number of nitrogens with zero attached hydrogens (tertiary/aromatic N) is 1. The summed E-state index contributed by atoms with van der Waals surface area (Å²) in [6.45, 7) is 2.65. The van der Waals surface area contributed by atoms with Gasteiger partial charge in [-0.25, -0.2) is 4.98 Å². The van der Waals surface area contributed by atoms with Gasteiger partial charge >= 0.3 is 0 Å². The molecule has 7 nitrogen and oxygen atoms in total. The van der Waals surface area contributed by atoms with Gasteiger partial charge in [-0.3, -0.25) is 0 Å². The first-order chi connectivity index (χ1) is 13.1. The van der Waals surface area contributed by atoms with E-state index in [0.29, 0.717) is 41.1 Å². The average molecular weight is 366 g/mol. The maximum atomic E-state index is 7.38. The first-order valence-corrected chi connectivity index (χ1v) is 8.58. The Bertz CT molecular complexity index is 937. The molecule has 3 aromatic rings. The highest BCUT2D eigenvalue weighted by Gasteiger charge is 2.11. The van der Waals surface area contributed by atoms with Gasteiger partial charge in [0.05, 0.1) is 19.9 Å². The number of anilines is 3. The fourth-order valence-corrected chi connectivity index (χ4v) is 2.52. The van der Waals surface area contributed by atoms with Crippen molar-refractivity contribution < 1.29 is 13.9 Å². The largest absolute Gasteiger partial charge is 0.493 e. The summed E-state index contributed by atoms with van der Waals surface area (Å²) in [5, 5.41) is 10.5. The van der Waals surface area contributed by atoms with Crippen LogP contribution in [0, 0.1) is 5.41 Å². The fourth-order valence-electron chi connectivity index (χ4n) is 2.52. The molecule has 0 saturated carbocycles. The van der Waals surface area contributed by atoms with Crippen molar-refractivity contribution in [2.24, 2.45) is 0 Å². The van der Waals surface area contributed by atoms with E-state index in [4.69, 9.17) is 25.0 Å². The molecular weight excluding hydrogens is 344 g/mol. The minimum atomic E-state index is 0.345. The van der Waals surface area contributed by atoms with Crippen LogP contribution in [0.2, 0.25) is 0 Å². The van der Waals surface area contributed by atoms with Crippen molar-refractivity contribution >= 4 is 23.6 Å². The van der Waals surface area contributed by atoms with Crippen molar-refractivity contribution in [1.29, 1.82) is 5.41 Å². The van der Waals surface area contributed by atoms with Crippen LogP contribution in [0.3, 0.4) is 0 Å². The van der Waals surface area contributed by atoms with Crippen LogP contribution in [0.15, 0.2) is 47.0 Å². The van der Waals surface area contributed by atoms with E-state index in [1.807, 2.05) is 25.1 Å². The van der Waals surface area contributed by atoms with Crippen molar-refractivity contribution in [1.82, 2.24) is 4.98 Å². The Morgan fingerprint density at radius 2 is 2.07 bits per heavy atom. The van der Waals surface area contributed by atoms with Gasteiger partial charge in [-0.05, 0) is 42.8 Å². The first kappa shape index (κ1) is 18.3. The number of oxazole rings is 1. The number of methoxy groups -OCH3 is 1. The summed E-state index contributed by atoms with van der Waals surface area (Å²) in [4.78, 5) is 4.26. The minimum absolute atomic E-state index is 0.345. The molecule has 0 radical (unpaired) electrons. The first-order valence-electron chi connectivity index (χ1n) is 8.58. The molecule has 0 aliphatic rings. The number of hydrogen-bond donors (Lipinski definition) is 3. The van der Waals surface area contributed by atoms with Crippen LogP contribution < -0.4 is 20.5 Å². The lowest BCUT2D eigenvalue weighted by Gasteiger charge is -2.10. The summed E-state index contributed by atoms with van der Waals surface area (Å²) in [5.41, 5.74) is 8.54. The maximum Gasteiger partial charge on any atom is 0.299 e. The maximum absolute atomic E-state index is 7.38. The topological polar surface area (TPSA) is 106 Å². The van der Waals surface area contributed by atoms with Crippen LogP contribution in [0.4, 0.5) is 17.4 Å². The van der Waals surface area contributed by atoms with Gasteiger partial charge in [0, 0.05) is 28.7 Å². The van der Waals surface area contributed by atoms with Gasteiger partial charge in [0.1, 0.15) is 0 Å². The zero-order valence-corrected chi connectivity index (χ0v) is 15.3. The van der Waals surface area contributed by atoms with Crippen molar-refractivity contribution in [3.63, 3.8) is 0 Å². The quantitative estimate of drug-likeness (QED) is 0.401. The third-order valence-electron chi connectivity index (χ3n) is 3.91. The molecule has 7 heteroatoms. The van der Waals surface area contributed by atoms with Crippen LogP contribution >= 0.6 is 0 Å².